The van der Waals surface area contributed by atoms with Crippen LogP contribution in [0.2, 0.25) is 0 Å². The molecular weight excluding hydrogens is 432 g/mol. The second kappa shape index (κ2) is 9.67. The van der Waals surface area contributed by atoms with Gasteiger partial charge in [-0.2, -0.15) is 0 Å². The fourth-order valence-electron chi connectivity index (χ4n) is 3.98. The van der Waals surface area contributed by atoms with Crippen LogP contribution in [-0.2, 0) is 18.3 Å². The molecule has 0 aliphatic carbocycles. The van der Waals surface area contributed by atoms with Crippen molar-refractivity contribution in [3.05, 3.63) is 76.7 Å². The Morgan fingerprint density at radius 3 is 2.48 bits per heavy atom. The molecule has 0 spiro atoms. The second-order valence-electron chi connectivity index (χ2n) is 8.23. The average Bonchev–Trinajstić information content (AvgIpc) is 3.15. The molecule has 1 amide bonds. The number of hydrogen-bond donors (Lipinski definition) is 1. The van der Waals surface area contributed by atoms with Crippen molar-refractivity contribution in [2.45, 2.75) is 38.4 Å². The highest BCUT2D eigenvalue weighted by Gasteiger charge is 2.20. The van der Waals surface area contributed by atoms with Gasteiger partial charge in [-0.1, -0.05) is 67.2 Å². The third-order valence-corrected chi connectivity index (χ3v) is 6.55. The summed E-state index contributed by atoms with van der Waals surface area (Å²) in [6.45, 7) is 5.97. The predicted octanol–water partition coefficient (Wildman–Crippen LogP) is 5.28. The van der Waals surface area contributed by atoms with Gasteiger partial charge >= 0.3 is 0 Å². The van der Waals surface area contributed by atoms with Crippen LogP contribution in [0.3, 0.4) is 0 Å². The highest BCUT2D eigenvalue weighted by molar-refractivity contribution is 7.99. The van der Waals surface area contributed by atoms with E-state index in [0.29, 0.717) is 16.2 Å². The summed E-state index contributed by atoms with van der Waals surface area (Å²) >= 11 is 1.29. The Hall–Kier alpha value is -3.32. The molecule has 0 saturated carbocycles. The van der Waals surface area contributed by atoms with Crippen LogP contribution in [0.1, 0.15) is 32.4 Å². The number of amides is 1. The van der Waals surface area contributed by atoms with Crippen LogP contribution >= 0.6 is 11.8 Å². The Labute approximate surface area is 197 Å². The average molecular weight is 461 g/mol. The second-order valence-corrected chi connectivity index (χ2v) is 9.17. The Morgan fingerprint density at radius 2 is 1.79 bits per heavy atom. The molecule has 1 N–H and O–H groups in total. The normalized spacial score (nSPS) is 11.3. The number of aryl methyl sites for hydroxylation is 2. The van der Waals surface area contributed by atoms with E-state index in [1.807, 2.05) is 86.3 Å². The summed E-state index contributed by atoms with van der Waals surface area (Å²) in [7, 11) is 1.87. The lowest BCUT2D eigenvalue weighted by Gasteiger charge is -2.16. The van der Waals surface area contributed by atoms with E-state index in [1.165, 1.54) is 11.8 Å². The molecule has 2 aromatic carbocycles. The maximum atomic E-state index is 13.5. The maximum Gasteiger partial charge on any atom is 0.278 e. The molecule has 0 aliphatic heterocycles. The molecule has 0 unspecified atom stereocenters. The summed E-state index contributed by atoms with van der Waals surface area (Å²) < 4.78 is 3.52. The van der Waals surface area contributed by atoms with E-state index >= 15 is 0 Å². The molecule has 2 aromatic heterocycles. The third kappa shape index (κ3) is 4.59. The molecule has 6 nitrogen and oxygen atoms in total. The van der Waals surface area contributed by atoms with E-state index in [0.717, 1.165) is 28.8 Å². The minimum atomic E-state index is -0.123. The zero-order valence-electron chi connectivity index (χ0n) is 19.3. The van der Waals surface area contributed by atoms with Gasteiger partial charge in [0.2, 0.25) is 5.91 Å². The van der Waals surface area contributed by atoms with Gasteiger partial charge in [0.15, 0.2) is 5.16 Å². The summed E-state index contributed by atoms with van der Waals surface area (Å²) in [6, 6.07) is 17.6. The number of benzene rings is 2. The molecular formula is C26H28N4O2S. The Kier molecular flexibility index (Phi) is 6.70. The van der Waals surface area contributed by atoms with Crippen LogP contribution in [0.4, 0.5) is 5.69 Å². The standard InChI is InChI=1S/C26H28N4O2S/c1-5-18-11-9-10-14-21(18)27-22(31)16-33-26-28-23-20(19-12-7-6-8-13-19)15-29(4)24(23)25(32)30(26)17(2)3/h6-15,17H,5,16H2,1-4H3,(H,27,31). The molecule has 0 saturated heterocycles. The molecule has 0 aliphatic rings. The SMILES string of the molecule is CCc1ccccc1NC(=O)CSc1nc2c(-c3ccccc3)cn(C)c2c(=O)n1C(C)C. The number of rotatable bonds is 7. The highest BCUT2D eigenvalue weighted by atomic mass is 32.2. The minimum absolute atomic E-state index is 0.0872. The smallest absolute Gasteiger partial charge is 0.278 e. The van der Waals surface area contributed by atoms with Crippen molar-refractivity contribution in [1.82, 2.24) is 14.1 Å². The number of anilines is 1. The van der Waals surface area contributed by atoms with Gasteiger partial charge in [0, 0.05) is 30.5 Å². The number of hydrogen-bond acceptors (Lipinski definition) is 4. The van der Waals surface area contributed by atoms with Crippen LogP contribution < -0.4 is 10.9 Å². The molecule has 2 heterocycles. The largest absolute Gasteiger partial charge is 0.344 e. The lowest BCUT2D eigenvalue weighted by molar-refractivity contribution is -0.113. The number of fused-ring (bicyclic) bond motifs is 1. The lowest BCUT2D eigenvalue weighted by atomic mass is 10.1. The Bertz CT molecular complexity index is 1360. The van der Waals surface area contributed by atoms with E-state index in [-0.39, 0.29) is 23.3 Å². The summed E-state index contributed by atoms with van der Waals surface area (Å²) in [4.78, 5) is 31.1. The summed E-state index contributed by atoms with van der Waals surface area (Å²) in [5, 5.41) is 3.54. The number of thioether (sulfide) groups is 1. The van der Waals surface area contributed by atoms with E-state index < -0.39 is 0 Å². The van der Waals surface area contributed by atoms with Crippen LogP contribution in [0.15, 0.2) is 70.7 Å². The Balaban J connectivity index is 1.70. The van der Waals surface area contributed by atoms with Gasteiger partial charge in [-0.25, -0.2) is 4.98 Å². The molecule has 7 heteroatoms. The third-order valence-electron chi connectivity index (χ3n) is 5.60. The number of aromatic nitrogens is 3. The molecule has 4 rings (SSSR count). The number of carbonyl (C=O) groups is 1. The van der Waals surface area contributed by atoms with Gasteiger partial charge in [-0.15, -0.1) is 0 Å². The summed E-state index contributed by atoms with van der Waals surface area (Å²) in [5.41, 5.74) is 4.94. The number of nitrogens with zero attached hydrogens (tertiary/aromatic N) is 3. The fraction of sp³-hybridized carbons (Fsp3) is 0.269. The zero-order valence-corrected chi connectivity index (χ0v) is 20.1. The van der Waals surface area contributed by atoms with Crippen LogP contribution in [0, 0.1) is 0 Å². The van der Waals surface area contributed by atoms with E-state index in [4.69, 9.17) is 4.98 Å². The van der Waals surface area contributed by atoms with Crippen LogP contribution in [0.5, 0.6) is 0 Å². The van der Waals surface area contributed by atoms with E-state index in [2.05, 4.69) is 12.2 Å². The molecule has 0 fully saturated rings. The van der Waals surface area contributed by atoms with Crippen molar-refractivity contribution in [3.8, 4) is 11.1 Å². The van der Waals surface area contributed by atoms with Gasteiger partial charge in [-0.3, -0.25) is 14.2 Å². The number of nitrogens with one attached hydrogen (secondary N) is 1. The minimum Gasteiger partial charge on any atom is -0.344 e. The summed E-state index contributed by atoms with van der Waals surface area (Å²) in [6.07, 6.45) is 2.78. The first kappa shape index (κ1) is 22.9. The lowest BCUT2D eigenvalue weighted by Crippen LogP contribution is -2.26. The molecule has 33 heavy (non-hydrogen) atoms. The van der Waals surface area contributed by atoms with E-state index in [1.54, 1.807) is 4.57 Å². The topological polar surface area (TPSA) is 68.9 Å². The fourth-order valence-corrected chi connectivity index (χ4v) is 4.90. The molecule has 0 atom stereocenters. The van der Waals surface area contributed by atoms with Crippen LogP contribution in [-0.4, -0.2) is 25.8 Å². The van der Waals surface area contributed by atoms with Gasteiger partial charge in [-0.05, 0) is 37.5 Å². The first-order chi connectivity index (χ1) is 15.9. The molecule has 0 bridgehead atoms. The quantitative estimate of drug-likeness (QED) is 0.301. The number of carbonyl (C=O) groups excluding carboxylic acids is 1. The van der Waals surface area contributed by atoms with Crippen molar-refractivity contribution in [2.24, 2.45) is 7.05 Å². The Morgan fingerprint density at radius 1 is 1.09 bits per heavy atom. The predicted molar refractivity (Wildman–Crippen MR) is 136 cm³/mol. The van der Waals surface area contributed by atoms with Gasteiger partial charge in [0.05, 0.1) is 5.75 Å². The molecule has 170 valence electrons. The maximum absolute atomic E-state index is 13.5. The highest BCUT2D eigenvalue weighted by Crippen LogP contribution is 2.30. The van der Waals surface area contributed by atoms with Crippen molar-refractivity contribution in [3.63, 3.8) is 0 Å². The van der Waals surface area contributed by atoms with Crippen molar-refractivity contribution < 1.29 is 4.79 Å². The van der Waals surface area contributed by atoms with Crippen molar-refractivity contribution in [2.75, 3.05) is 11.1 Å². The summed E-state index contributed by atoms with van der Waals surface area (Å²) in [5.74, 6) is 0.0397. The van der Waals surface area contributed by atoms with Crippen LogP contribution in [0.25, 0.3) is 22.2 Å². The zero-order chi connectivity index (χ0) is 23.5. The first-order valence-electron chi connectivity index (χ1n) is 11.1. The van der Waals surface area contributed by atoms with Gasteiger partial charge in [0.1, 0.15) is 11.0 Å². The monoisotopic (exact) mass is 460 g/mol. The molecule has 0 radical (unpaired) electrons. The number of para-hydroxylation sites is 1. The first-order valence-corrected chi connectivity index (χ1v) is 12.1. The van der Waals surface area contributed by atoms with Crippen molar-refractivity contribution >= 4 is 34.4 Å². The molecule has 4 aromatic rings. The van der Waals surface area contributed by atoms with E-state index in [9.17, 15) is 9.59 Å². The van der Waals surface area contributed by atoms with Crippen molar-refractivity contribution in [1.29, 1.82) is 0 Å². The van der Waals surface area contributed by atoms with Gasteiger partial charge in [0.25, 0.3) is 5.56 Å². The van der Waals surface area contributed by atoms with Gasteiger partial charge < -0.3 is 9.88 Å².